The maximum atomic E-state index is 11.4. The number of aromatic nitrogens is 2. The first-order valence-corrected chi connectivity index (χ1v) is 5.66. The highest BCUT2D eigenvalue weighted by atomic mass is 16.5. The molecule has 6 nitrogen and oxygen atoms in total. The summed E-state index contributed by atoms with van der Waals surface area (Å²) in [7, 11) is 5.30. The lowest BCUT2D eigenvalue weighted by molar-refractivity contribution is 0.0593. The molecule has 0 aromatic carbocycles. The van der Waals surface area contributed by atoms with E-state index in [-0.39, 0.29) is 6.04 Å². The largest absolute Gasteiger partial charge is 0.464 e. The third-order valence-electron chi connectivity index (χ3n) is 3.16. The molecular formula is C11H18N4O2. The van der Waals surface area contributed by atoms with E-state index < -0.39 is 5.97 Å². The Morgan fingerprint density at radius 2 is 2.35 bits per heavy atom. The number of methoxy groups -OCH3 is 1. The van der Waals surface area contributed by atoms with Crippen molar-refractivity contribution in [3.63, 3.8) is 0 Å². The number of rotatable bonds is 2. The summed E-state index contributed by atoms with van der Waals surface area (Å²) in [5, 5.41) is 7.52. The Labute approximate surface area is 101 Å². The van der Waals surface area contributed by atoms with Crippen LogP contribution in [0.4, 0.5) is 0 Å². The number of likely N-dealkylation sites (N-methyl/N-ethyl adjacent to an activating group) is 1. The summed E-state index contributed by atoms with van der Waals surface area (Å²) in [5.74, 6) is -0.390. The molecule has 1 unspecified atom stereocenters. The molecule has 1 fully saturated rings. The second kappa shape index (κ2) is 4.85. The molecule has 0 saturated carbocycles. The quantitative estimate of drug-likeness (QED) is 0.722. The molecule has 1 aliphatic heterocycles. The van der Waals surface area contributed by atoms with E-state index in [4.69, 9.17) is 0 Å². The van der Waals surface area contributed by atoms with Gasteiger partial charge >= 0.3 is 5.97 Å². The minimum atomic E-state index is -0.390. The van der Waals surface area contributed by atoms with Gasteiger partial charge in [0, 0.05) is 26.7 Å². The van der Waals surface area contributed by atoms with Crippen LogP contribution in [0.2, 0.25) is 0 Å². The number of ether oxygens (including phenoxy) is 1. The van der Waals surface area contributed by atoms with Crippen LogP contribution in [0, 0.1) is 0 Å². The first-order valence-electron chi connectivity index (χ1n) is 5.66. The van der Waals surface area contributed by atoms with Crippen molar-refractivity contribution in [1.29, 1.82) is 0 Å². The van der Waals surface area contributed by atoms with Gasteiger partial charge in [0.05, 0.1) is 18.8 Å². The molecule has 0 amide bonds. The Balaban J connectivity index is 2.25. The number of esters is 1. The van der Waals surface area contributed by atoms with Gasteiger partial charge in [0.15, 0.2) is 5.69 Å². The van der Waals surface area contributed by atoms with E-state index in [2.05, 4.69) is 27.1 Å². The maximum Gasteiger partial charge on any atom is 0.358 e. The van der Waals surface area contributed by atoms with Gasteiger partial charge in [-0.25, -0.2) is 4.79 Å². The summed E-state index contributed by atoms with van der Waals surface area (Å²) in [5.41, 5.74) is 1.39. The van der Waals surface area contributed by atoms with Gasteiger partial charge < -0.3 is 10.1 Å². The van der Waals surface area contributed by atoms with E-state index in [1.54, 1.807) is 10.7 Å². The summed E-state index contributed by atoms with van der Waals surface area (Å²) in [6.07, 6.45) is 0. The second-order valence-electron chi connectivity index (χ2n) is 4.27. The molecule has 0 spiro atoms. The number of carbonyl (C=O) groups excluding carboxylic acids is 1. The average molecular weight is 238 g/mol. The van der Waals surface area contributed by atoms with Crippen molar-refractivity contribution in [2.75, 3.05) is 33.8 Å². The van der Waals surface area contributed by atoms with Crippen LogP contribution in [-0.2, 0) is 11.8 Å². The first-order chi connectivity index (χ1) is 8.13. The fraction of sp³-hybridized carbons (Fsp3) is 0.636. The smallest absolute Gasteiger partial charge is 0.358 e. The summed E-state index contributed by atoms with van der Waals surface area (Å²) < 4.78 is 6.43. The van der Waals surface area contributed by atoms with E-state index in [0.29, 0.717) is 5.69 Å². The van der Waals surface area contributed by atoms with E-state index >= 15 is 0 Å². The Hall–Kier alpha value is -1.40. The van der Waals surface area contributed by atoms with Crippen molar-refractivity contribution in [3.05, 3.63) is 17.5 Å². The highest BCUT2D eigenvalue weighted by Crippen LogP contribution is 2.21. The molecular weight excluding hydrogens is 220 g/mol. The third kappa shape index (κ3) is 2.32. The lowest BCUT2D eigenvalue weighted by atomic mass is 10.1. The standard InChI is InChI=1S/C11H18N4O2/c1-14-5-4-12-7-10(14)9-6-8(11(16)17-3)13-15(9)2/h6,10,12H,4-5,7H2,1-3H3. The van der Waals surface area contributed by atoms with Crippen LogP contribution >= 0.6 is 0 Å². The minimum absolute atomic E-state index is 0.250. The number of hydrogen-bond donors (Lipinski definition) is 1. The highest BCUT2D eigenvalue weighted by molar-refractivity contribution is 5.87. The molecule has 94 valence electrons. The number of piperazine rings is 1. The molecule has 1 N–H and O–H groups in total. The van der Waals surface area contributed by atoms with E-state index in [1.165, 1.54) is 7.11 Å². The second-order valence-corrected chi connectivity index (χ2v) is 4.27. The van der Waals surface area contributed by atoms with Crippen LogP contribution in [0.3, 0.4) is 0 Å². The van der Waals surface area contributed by atoms with Gasteiger partial charge in [-0.2, -0.15) is 5.10 Å². The van der Waals surface area contributed by atoms with Crippen molar-refractivity contribution in [2.45, 2.75) is 6.04 Å². The number of hydrogen-bond acceptors (Lipinski definition) is 5. The Morgan fingerprint density at radius 3 is 3.00 bits per heavy atom. The molecule has 1 atom stereocenters. The summed E-state index contributed by atoms with van der Waals surface area (Å²) in [4.78, 5) is 13.7. The zero-order chi connectivity index (χ0) is 12.4. The zero-order valence-corrected chi connectivity index (χ0v) is 10.4. The topological polar surface area (TPSA) is 59.4 Å². The van der Waals surface area contributed by atoms with Gasteiger partial charge in [0.1, 0.15) is 0 Å². The fourth-order valence-electron chi connectivity index (χ4n) is 2.13. The van der Waals surface area contributed by atoms with Crippen molar-refractivity contribution >= 4 is 5.97 Å². The number of aryl methyl sites for hydroxylation is 1. The maximum absolute atomic E-state index is 11.4. The lowest BCUT2D eigenvalue weighted by Gasteiger charge is -2.32. The third-order valence-corrected chi connectivity index (χ3v) is 3.16. The molecule has 2 rings (SSSR count). The van der Waals surface area contributed by atoms with Gasteiger partial charge in [-0.3, -0.25) is 9.58 Å². The minimum Gasteiger partial charge on any atom is -0.464 e. The van der Waals surface area contributed by atoms with Crippen molar-refractivity contribution < 1.29 is 9.53 Å². The summed E-state index contributed by atoms with van der Waals surface area (Å²) >= 11 is 0. The normalized spacial score (nSPS) is 21.5. The number of nitrogens with zero attached hydrogens (tertiary/aromatic N) is 3. The molecule has 0 radical (unpaired) electrons. The Kier molecular flexibility index (Phi) is 3.44. The predicted octanol–water partition coefficient (Wildman–Crippen LogP) is -0.217. The average Bonchev–Trinajstić information content (AvgIpc) is 2.71. The van der Waals surface area contributed by atoms with Gasteiger partial charge in [-0.1, -0.05) is 0 Å². The van der Waals surface area contributed by atoms with Gasteiger partial charge in [0.25, 0.3) is 0 Å². The lowest BCUT2D eigenvalue weighted by Crippen LogP contribution is -2.44. The molecule has 0 bridgehead atoms. The number of nitrogens with one attached hydrogen (secondary N) is 1. The summed E-state index contributed by atoms with van der Waals surface area (Å²) in [6.45, 7) is 2.86. The molecule has 1 aromatic rings. The Bertz CT molecular complexity index is 416. The number of carbonyl (C=O) groups is 1. The molecule has 1 aromatic heterocycles. The van der Waals surface area contributed by atoms with Crippen molar-refractivity contribution in [3.8, 4) is 0 Å². The zero-order valence-electron chi connectivity index (χ0n) is 10.4. The van der Waals surface area contributed by atoms with Crippen LogP contribution in [0.15, 0.2) is 6.07 Å². The monoisotopic (exact) mass is 238 g/mol. The SMILES string of the molecule is COC(=O)c1cc(C2CNCCN2C)n(C)n1. The molecule has 1 aliphatic rings. The van der Waals surface area contributed by atoms with Crippen LogP contribution in [0.5, 0.6) is 0 Å². The van der Waals surface area contributed by atoms with Gasteiger partial charge in [-0.15, -0.1) is 0 Å². The summed E-state index contributed by atoms with van der Waals surface area (Å²) in [6, 6.07) is 2.06. The van der Waals surface area contributed by atoms with Gasteiger partial charge in [0.2, 0.25) is 0 Å². The van der Waals surface area contributed by atoms with Crippen LogP contribution in [-0.4, -0.2) is 54.4 Å². The molecule has 1 saturated heterocycles. The predicted molar refractivity (Wildman–Crippen MR) is 62.8 cm³/mol. The first kappa shape index (κ1) is 12.1. The van der Waals surface area contributed by atoms with Crippen molar-refractivity contribution in [1.82, 2.24) is 20.0 Å². The molecule has 2 heterocycles. The molecule has 6 heteroatoms. The fourth-order valence-corrected chi connectivity index (χ4v) is 2.13. The van der Waals surface area contributed by atoms with Crippen molar-refractivity contribution in [2.24, 2.45) is 7.05 Å². The van der Waals surface area contributed by atoms with E-state index in [9.17, 15) is 4.79 Å². The van der Waals surface area contributed by atoms with Crippen LogP contribution in [0.25, 0.3) is 0 Å². The highest BCUT2D eigenvalue weighted by Gasteiger charge is 2.25. The van der Waals surface area contributed by atoms with Crippen LogP contribution < -0.4 is 5.32 Å². The van der Waals surface area contributed by atoms with Gasteiger partial charge in [-0.05, 0) is 13.1 Å². The van der Waals surface area contributed by atoms with E-state index in [1.807, 2.05) is 7.05 Å². The van der Waals surface area contributed by atoms with E-state index in [0.717, 1.165) is 25.3 Å². The molecule has 17 heavy (non-hydrogen) atoms. The molecule has 0 aliphatic carbocycles. The Morgan fingerprint density at radius 1 is 1.59 bits per heavy atom. The van der Waals surface area contributed by atoms with Crippen LogP contribution in [0.1, 0.15) is 22.2 Å².